The Morgan fingerprint density at radius 3 is 2.71 bits per heavy atom. The van der Waals surface area contributed by atoms with Crippen molar-refractivity contribution >= 4 is 17.3 Å². The second-order valence-electron chi connectivity index (χ2n) is 6.59. The van der Waals surface area contributed by atoms with E-state index in [2.05, 4.69) is 60.6 Å². The van der Waals surface area contributed by atoms with Crippen LogP contribution in [0.2, 0.25) is 0 Å². The number of ether oxygens (including phenoxy) is 1. The van der Waals surface area contributed by atoms with Crippen LogP contribution in [0.25, 0.3) is 0 Å². The highest BCUT2D eigenvalue weighted by molar-refractivity contribution is 7.09. The number of guanidine groups is 1. The van der Waals surface area contributed by atoms with Gasteiger partial charge in [0.2, 0.25) is 0 Å². The minimum atomic E-state index is 0.508. The van der Waals surface area contributed by atoms with Crippen molar-refractivity contribution in [3.63, 3.8) is 0 Å². The number of thiazole rings is 1. The van der Waals surface area contributed by atoms with Gasteiger partial charge < -0.3 is 15.4 Å². The molecule has 1 aromatic rings. The standard InChI is InChI=1S/C18H34N4OS/c1-6-19-18(20-9-7-11-23-12-14(2)3)21-10-8-16-13-24-17(22-16)15(4)5/h13-15H,6-12H2,1-5H3,(H2,19,20,21). The van der Waals surface area contributed by atoms with Crippen molar-refractivity contribution in [1.82, 2.24) is 15.6 Å². The Morgan fingerprint density at radius 1 is 1.29 bits per heavy atom. The average Bonchev–Trinajstić information content (AvgIpc) is 2.99. The molecule has 0 unspecified atom stereocenters. The zero-order chi connectivity index (χ0) is 17.8. The van der Waals surface area contributed by atoms with Gasteiger partial charge in [0, 0.05) is 50.6 Å². The molecule has 0 saturated carbocycles. The van der Waals surface area contributed by atoms with Gasteiger partial charge in [-0.25, -0.2) is 4.98 Å². The van der Waals surface area contributed by atoms with Crippen molar-refractivity contribution in [1.29, 1.82) is 0 Å². The third-order valence-corrected chi connectivity index (χ3v) is 4.44. The Morgan fingerprint density at radius 2 is 2.08 bits per heavy atom. The van der Waals surface area contributed by atoms with E-state index >= 15 is 0 Å². The van der Waals surface area contributed by atoms with Crippen LogP contribution in [0.3, 0.4) is 0 Å². The van der Waals surface area contributed by atoms with E-state index in [1.807, 2.05) is 0 Å². The quantitative estimate of drug-likeness (QED) is 0.363. The molecule has 0 spiro atoms. The van der Waals surface area contributed by atoms with Gasteiger partial charge in [-0.3, -0.25) is 4.99 Å². The molecule has 6 heteroatoms. The van der Waals surface area contributed by atoms with Crippen LogP contribution in [0.4, 0.5) is 0 Å². The normalized spacial score (nSPS) is 12.2. The molecule has 0 saturated heterocycles. The van der Waals surface area contributed by atoms with Gasteiger partial charge in [-0.15, -0.1) is 11.3 Å². The van der Waals surface area contributed by atoms with Crippen LogP contribution in [-0.4, -0.2) is 43.8 Å². The molecule has 0 bridgehead atoms. The van der Waals surface area contributed by atoms with Crippen molar-refractivity contribution in [2.24, 2.45) is 10.9 Å². The van der Waals surface area contributed by atoms with Crippen molar-refractivity contribution in [2.45, 2.75) is 53.4 Å². The molecular weight excluding hydrogens is 320 g/mol. The maximum Gasteiger partial charge on any atom is 0.191 e. The third-order valence-electron chi connectivity index (χ3n) is 3.25. The molecule has 0 aliphatic heterocycles. The first-order chi connectivity index (χ1) is 11.5. The molecule has 0 radical (unpaired) electrons. The average molecular weight is 355 g/mol. The van der Waals surface area contributed by atoms with Crippen LogP contribution in [-0.2, 0) is 11.2 Å². The Labute approximate surface area is 151 Å². The molecule has 5 nitrogen and oxygen atoms in total. The smallest absolute Gasteiger partial charge is 0.191 e. The third kappa shape index (κ3) is 9.23. The minimum absolute atomic E-state index is 0.508. The molecule has 0 aliphatic rings. The van der Waals surface area contributed by atoms with E-state index in [0.717, 1.165) is 57.3 Å². The second-order valence-corrected chi connectivity index (χ2v) is 7.48. The largest absolute Gasteiger partial charge is 0.381 e. The minimum Gasteiger partial charge on any atom is -0.381 e. The fourth-order valence-electron chi connectivity index (χ4n) is 2.03. The monoisotopic (exact) mass is 354 g/mol. The molecule has 0 fully saturated rings. The topological polar surface area (TPSA) is 58.5 Å². The Hall–Kier alpha value is -1.14. The highest BCUT2D eigenvalue weighted by Gasteiger charge is 2.06. The van der Waals surface area contributed by atoms with Gasteiger partial charge in [0.05, 0.1) is 10.7 Å². The summed E-state index contributed by atoms with van der Waals surface area (Å²) in [5.41, 5.74) is 1.16. The Bertz CT molecular complexity index is 471. The molecule has 1 heterocycles. The first-order valence-corrected chi connectivity index (χ1v) is 9.95. The molecule has 0 atom stereocenters. The van der Waals surface area contributed by atoms with E-state index in [4.69, 9.17) is 4.74 Å². The molecule has 1 aromatic heterocycles. The number of nitrogens with zero attached hydrogens (tertiary/aromatic N) is 2. The summed E-state index contributed by atoms with van der Waals surface area (Å²) < 4.78 is 5.58. The van der Waals surface area contributed by atoms with Gasteiger partial charge in [-0.2, -0.15) is 0 Å². The lowest BCUT2D eigenvalue weighted by Gasteiger charge is -2.11. The summed E-state index contributed by atoms with van der Waals surface area (Å²) in [6.45, 7) is 14.9. The van der Waals surface area contributed by atoms with Crippen molar-refractivity contribution in [2.75, 3.05) is 32.8 Å². The first kappa shape index (κ1) is 20.9. The van der Waals surface area contributed by atoms with E-state index in [1.54, 1.807) is 11.3 Å². The summed E-state index contributed by atoms with van der Waals surface area (Å²) in [6.07, 6.45) is 1.87. The first-order valence-electron chi connectivity index (χ1n) is 9.07. The number of nitrogens with one attached hydrogen (secondary N) is 2. The molecule has 1 rings (SSSR count). The lowest BCUT2D eigenvalue weighted by molar-refractivity contribution is 0.109. The van der Waals surface area contributed by atoms with E-state index in [-0.39, 0.29) is 0 Å². The molecule has 138 valence electrons. The number of rotatable bonds is 11. The molecule has 24 heavy (non-hydrogen) atoms. The highest BCUT2D eigenvalue weighted by Crippen LogP contribution is 2.19. The van der Waals surface area contributed by atoms with Gasteiger partial charge in [0.1, 0.15) is 0 Å². The van der Waals surface area contributed by atoms with Crippen LogP contribution in [0.15, 0.2) is 10.4 Å². The highest BCUT2D eigenvalue weighted by atomic mass is 32.1. The lowest BCUT2D eigenvalue weighted by Crippen LogP contribution is -2.38. The number of aliphatic imine (C=N–C) groups is 1. The van der Waals surface area contributed by atoms with Crippen LogP contribution >= 0.6 is 11.3 Å². The van der Waals surface area contributed by atoms with Crippen LogP contribution < -0.4 is 10.6 Å². The summed E-state index contributed by atoms with van der Waals surface area (Å²) in [5, 5.41) is 10.0. The summed E-state index contributed by atoms with van der Waals surface area (Å²) in [4.78, 5) is 9.26. The zero-order valence-electron chi connectivity index (χ0n) is 15.9. The fourth-order valence-corrected chi connectivity index (χ4v) is 2.90. The Balaban J connectivity index is 2.27. The van der Waals surface area contributed by atoms with E-state index in [9.17, 15) is 0 Å². The van der Waals surface area contributed by atoms with Gasteiger partial charge in [0.25, 0.3) is 0 Å². The van der Waals surface area contributed by atoms with Crippen LogP contribution in [0.5, 0.6) is 0 Å². The van der Waals surface area contributed by atoms with Gasteiger partial charge in [-0.05, 0) is 19.3 Å². The number of aromatic nitrogens is 1. The number of hydrogen-bond acceptors (Lipinski definition) is 4. The van der Waals surface area contributed by atoms with Crippen molar-refractivity contribution in [3.05, 3.63) is 16.1 Å². The Kier molecular flexibility index (Phi) is 10.7. The van der Waals surface area contributed by atoms with Crippen molar-refractivity contribution < 1.29 is 4.74 Å². The van der Waals surface area contributed by atoms with Gasteiger partial charge in [-0.1, -0.05) is 27.7 Å². The SMILES string of the molecule is CCNC(=NCCCOCC(C)C)NCCc1csc(C(C)C)n1. The van der Waals surface area contributed by atoms with E-state index < -0.39 is 0 Å². The summed E-state index contributed by atoms with van der Waals surface area (Å²) in [7, 11) is 0. The van der Waals surface area contributed by atoms with Crippen LogP contribution in [0.1, 0.15) is 57.7 Å². The molecule has 2 N–H and O–H groups in total. The van der Waals surface area contributed by atoms with Crippen molar-refractivity contribution in [3.8, 4) is 0 Å². The number of hydrogen-bond donors (Lipinski definition) is 2. The van der Waals surface area contributed by atoms with Gasteiger partial charge in [0.15, 0.2) is 5.96 Å². The van der Waals surface area contributed by atoms with E-state index in [1.165, 1.54) is 5.01 Å². The predicted octanol–water partition coefficient (Wildman–Crippen LogP) is 3.43. The molecule has 0 aromatic carbocycles. The summed E-state index contributed by atoms with van der Waals surface area (Å²) in [5.74, 6) is 1.98. The zero-order valence-corrected chi connectivity index (χ0v) is 16.7. The summed E-state index contributed by atoms with van der Waals surface area (Å²) >= 11 is 1.75. The summed E-state index contributed by atoms with van der Waals surface area (Å²) in [6, 6.07) is 0. The maximum atomic E-state index is 5.58. The lowest BCUT2D eigenvalue weighted by atomic mass is 10.2. The fraction of sp³-hybridized carbons (Fsp3) is 0.778. The second kappa shape index (κ2) is 12.3. The van der Waals surface area contributed by atoms with Crippen LogP contribution in [0, 0.1) is 5.92 Å². The van der Waals surface area contributed by atoms with Gasteiger partial charge >= 0.3 is 0 Å². The molecular formula is C18H34N4OS. The van der Waals surface area contributed by atoms with E-state index in [0.29, 0.717) is 11.8 Å². The molecule has 0 aliphatic carbocycles. The predicted molar refractivity (Wildman–Crippen MR) is 104 cm³/mol. The maximum absolute atomic E-state index is 5.58. The molecule has 0 amide bonds.